The van der Waals surface area contributed by atoms with Crippen LogP contribution in [0.15, 0.2) is 24.3 Å². The van der Waals surface area contributed by atoms with E-state index in [1.807, 2.05) is 0 Å². The molecule has 1 rings (SSSR count). The fraction of sp³-hybridized carbons (Fsp3) is 0.455. The molecular formula is C11H17AuClOP. The summed E-state index contributed by atoms with van der Waals surface area (Å²) in [6.45, 7) is 4.53. The zero-order valence-corrected chi connectivity index (χ0v) is 13.1. The van der Waals surface area contributed by atoms with Gasteiger partial charge in [-0.05, 0) is 29.8 Å². The number of ether oxygens (including phenoxy) is 1. The van der Waals surface area contributed by atoms with Crippen molar-refractivity contribution in [3.8, 4) is 5.75 Å². The molecule has 0 saturated carbocycles. The van der Waals surface area contributed by atoms with E-state index in [0.29, 0.717) is 0 Å². The summed E-state index contributed by atoms with van der Waals surface area (Å²) in [4.78, 5) is 0. The second kappa shape index (κ2) is 9.69. The first kappa shape index (κ1) is 15.5. The molecule has 0 atom stereocenters. The van der Waals surface area contributed by atoms with Gasteiger partial charge in [-0.3, -0.25) is 0 Å². The van der Waals surface area contributed by atoms with Gasteiger partial charge in [0.25, 0.3) is 0 Å². The van der Waals surface area contributed by atoms with E-state index in [1.165, 1.54) is 17.6 Å². The maximum atomic E-state index is 5.12. The third-order valence-electron chi connectivity index (χ3n) is 2.20. The fourth-order valence-corrected chi connectivity index (χ4v) is 3.13. The molecule has 1 aromatic rings. The second-order valence-corrected chi connectivity index (χ2v) is 5.73. The Balaban J connectivity index is 0.000000921. The van der Waals surface area contributed by atoms with E-state index in [2.05, 4.69) is 47.3 Å². The number of methoxy groups -OCH3 is 1. The van der Waals surface area contributed by atoms with Gasteiger partial charge in [-0.25, -0.2) is 0 Å². The second-order valence-electron chi connectivity index (χ2n) is 2.87. The molecule has 0 unspecified atom stereocenters. The topological polar surface area (TPSA) is 9.23 Å². The van der Waals surface area contributed by atoms with Crippen molar-refractivity contribution in [2.75, 3.05) is 19.4 Å². The van der Waals surface area contributed by atoms with Crippen molar-refractivity contribution in [3.05, 3.63) is 24.3 Å². The van der Waals surface area contributed by atoms with Crippen molar-refractivity contribution >= 4 is 22.4 Å². The molecule has 0 saturated heterocycles. The van der Waals surface area contributed by atoms with Gasteiger partial charge < -0.3 is 4.74 Å². The third kappa shape index (κ3) is 5.38. The molecule has 1 nitrogen and oxygen atoms in total. The van der Waals surface area contributed by atoms with Crippen molar-refractivity contribution in [1.82, 2.24) is 0 Å². The van der Waals surface area contributed by atoms with Crippen LogP contribution in [0.3, 0.4) is 0 Å². The Kier molecular flexibility index (Phi) is 10.00. The SMILES string of the molecule is CCP(CC)c1ccc(OC)cc1.[Cl][Au]. The summed E-state index contributed by atoms with van der Waals surface area (Å²) in [5, 5.41) is 1.49. The molecule has 1 aromatic carbocycles. The summed E-state index contributed by atoms with van der Waals surface area (Å²) in [6.07, 6.45) is 2.55. The minimum atomic E-state index is 0.0757. The molecule has 0 aromatic heterocycles. The maximum absolute atomic E-state index is 5.12. The van der Waals surface area contributed by atoms with E-state index in [0.717, 1.165) is 5.75 Å². The van der Waals surface area contributed by atoms with Gasteiger partial charge in [-0.15, -0.1) is 0 Å². The average molecular weight is 429 g/mol. The van der Waals surface area contributed by atoms with E-state index in [9.17, 15) is 0 Å². The van der Waals surface area contributed by atoms with Gasteiger partial charge in [0.05, 0.1) is 7.11 Å². The van der Waals surface area contributed by atoms with E-state index in [-0.39, 0.29) is 7.92 Å². The Morgan fingerprint density at radius 3 is 1.93 bits per heavy atom. The van der Waals surface area contributed by atoms with Crippen molar-refractivity contribution in [1.29, 1.82) is 0 Å². The van der Waals surface area contributed by atoms with Crippen LogP contribution < -0.4 is 10.0 Å². The van der Waals surface area contributed by atoms with Gasteiger partial charge in [0.2, 0.25) is 0 Å². The van der Waals surface area contributed by atoms with Gasteiger partial charge in [-0.1, -0.05) is 33.9 Å². The predicted molar refractivity (Wildman–Crippen MR) is 66.5 cm³/mol. The van der Waals surface area contributed by atoms with Gasteiger partial charge in [-0.2, -0.15) is 0 Å². The molecule has 15 heavy (non-hydrogen) atoms. The van der Waals surface area contributed by atoms with Gasteiger partial charge >= 0.3 is 29.2 Å². The zero-order chi connectivity index (χ0) is 11.7. The van der Waals surface area contributed by atoms with E-state index in [4.69, 9.17) is 4.74 Å². The van der Waals surface area contributed by atoms with Crippen LogP contribution in [0.2, 0.25) is 0 Å². The minimum absolute atomic E-state index is 0.0757. The molecule has 0 aliphatic carbocycles. The molecule has 0 heterocycles. The molecular weight excluding hydrogens is 412 g/mol. The van der Waals surface area contributed by atoms with E-state index >= 15 is 0 Å². The summed E-state index contributed by atoms with van der Waals surface area (Å²) in [6, 6.07) is 8.49. The molecule has 0 amide bonds. The normalized spacial score (nSPS) is 9.53. The monoisotopic (exact) mass is 428 g/mol. The van der Waals surface area contributed by atoms with Crippen LogP contribution in [0.25, 0.3) is 0 Å². The number of halogens is 1. The molecule has 0 spiro atoms. The summed E-state index contributed by atoms with van der Waals surface area (Å²) >= 11 is 1.75. The molecule has 0 N–H and O–H groups in total. The molecule has 0 radical (unpaired) electrons. The Labute approximate surface area is 110 Å². The number of rotatable bonds is 4. The zero-order valence-electron chi connectivity index (χ0n) is 9.26. The predicted octanol–water partition coefficient (Wildman–Crippen LogP) is 3.53. The number of hydrogen-bond donors (Lipinski definition) is 0. The number of hydrogen-bond acceptors (Lipinski definition) is 1. The van der Waals surface area contributed by atoms with Gasteiger partial charge in [0, 0.05) is 0 Å². The average Bonchev–Trinajstić information content (AvgIpc) is 2.34. The third-order valence-corrected chi connectivity index (χ3v) is 4.76. The van der Waals surface area contributed by atoms with Crippen molar-refractivity contribution in [2.45, 2.75) is 13.8 Å². The van der Waals surface area contributed by atoms with Crippen LogP contribution >= 0.6 is 17.1 Å². The summed E-state index contributed by atoms with van der Waals surface area (Å²) < 4.78 is 5.12. The molecule has 0 bridgehead atoms. The van der Waals surface area contributed by atoms with Crippen LogP contribution in [0.1, 0.15) is 13.8 Å². The van der Waals surface area contributed by atoms with Crippen molar-refractivity contribution in [3.63, 3.8) is 0 Å². The molecule has 0 fully saturated rings. The number of benzene rings is 1. The fourth-order valence-electron chi connectivity index (χ4n) is 1.38. The van der Waals surface area contributed by atoms with Crippen molar-refractivity contribution < 1.29 is 24.7 Å². The van der Waals surface area contributed by atoms with Crippen LogP contribution in [-0.2, 0) is 20.0 Å². The Bertz CT molecular complexity index is 249. The quantitative estimate of drug-likeness (QED) is 0.527. The summed E-state index contributed by atoms with van der Waals surface area (Å²) in [5.41, 5.74) is 0. The molecule has 90 valence electrons. The first-order chi connectivity index (χ1) is 7.31. The van der Waals surface area contributed by atoms with Crippen LogP contribution in [0, 0.1) is 0 Å². The summed E-state index contributed by atoms with van der Waals surface area (Å²) in [7, 11) is 6.36. The first-order valence-corrected chi connectivity index (χ1v) is 9.21. The van der Waals surface area contributed by atoms with Crippen LogP contribution in [0.5, 0.6) is 5.75 Å². The molecule has 4 heteroatoms. The Hall–Kier alpha value is 0.480. The van der Waals surface area contributed by atoms with Crippen LogP contribution in [0.4, 0.5) is 0 Å². The van der Waals surface area contributed by atoms with E-state index in [1.54, 1.807) is 27.1 Å². The van der Waals surface area contributed by atoms with Crippen LogP contribution in [-0.4, -0.2) is 19.4 Å². The van der Waals surface area contributed by atoms with Gasteiger partial charge in [0.1, 0.15) is 5.75 Å². The van der Waals surface area contributed by atoms with Crippen molar-refractivity contribution in [2.24, 2.45) is 0 Å². The molecule has 0 aliphatic heterocycles. The molecule has 0 aliphatic rings. The standard InChI is InChI=1S/C11H17OP.Au.ClH/c1-4-13(5-2)11-8-6-10(12-3)7-9-11;;/h6-9H,4-5H2,1-3H3;;1H/q;+1;/p-1. The van der Waals surface area contributed by atoms with Gasteiger partial charge in [0.15, 0.2) is 0 Å². The first-order valence-electron chi connectivity index (χ1n) is 4.82. The Morgan fingerprint density at radius 1 is 1.13 bits per heavy atom. The van der Waals surface area contributed by atoms with E-state index < -0.39 is 0 Å². The summed E-state index contributed by atoms with van der Waals surface area (Å²) in [5.74, 6) is 0.950. The Morgan fingerprint density at radius 2 is 1.60 bits per heavy atom.